The number of allylic oxidation sites excluding steroid dienone is 6. The van der Waals surface area contributed by atoms with Crippen LogP contribution in [0, 0.1) is 11.5 Å². The van der Waals surface area contributed by atoms with E-state index in [4.69, 9.17) is 15.8 Å². The zero-order valence-corrected chi connectivity index (χ0v) is 29.1. The molecule has 18 heteroatoms. The fourth-order valence-corrected chi connectivity index (χ4v) is 6.72. The maximum atomic E-state index is 13.1. The Bertz CT molecular complexity index is 1780. The van der Waals surface area contributed by atoms with Crippen LogP contribution < -0.4 is 51.0 Å². The van der Waals surface area contributed by atoms with Crippen molar-refractivity contribution in [3.05, 3.63) is 81.5 Å². The fourth-order valence-electron chi connectivity index (χ4n) is 4.86. The van der Waals surface area contributed by atoms with Crippen molar-refractivity contribution in [3.63, 3.8) is 0 Å². The van der Waals surface area contributed by atoms with Crippen molar-refractivity contribution in [2.45, 2.75) is 25.3 Å². The van der Waals surface area contributed by atoms with Crippen molar-refractivity contribution in [1.82, 2.24) is 25.4 Å². The van der Waals surface area contributed by atoms with Crippen LogP contribution in [0.1, 0.15) is 19.5 Å². The van der Waals surface area contributed by atoms with Gasteiger partial charge in [0.2, 0.25) is 0 Å². The molecule has 0 saturated carbocycles. The molecule has 0 aromatic carbocycles. The Morgan fingerprint density at radius 3 is 2.70 bits per heavy atom. The van der Waals surface area contributed by atoms with Gasteiger partial charge in [0.15, 0.2) is 17.0 Å². The maximum absolute atomic E-state index is 13.1. The maximum Gasteiger partial charge on any atom is 1.00 e. The molecule has 1 aromatic heterocycles. The normalized spacial score (nSPS) is 20.3. The number of carboxylic acids is 1. The summed E-state index contributed by atoms with van der Waals surface area (Å²) in [7, 11) is 0. The molecule has 0 aliphatic carbocycles. The van der Waals surface area contributed by atoms with E-state index in [2.05, 4.69) is 25.8 Å². The third kappa shape index (κ3) is 7.42. The number of nitrogens with zero attached hydrogens (tertiary/aromatic N) is 6. The Hall–Kier alpha value is -4.47. The summed E-state index contributed by atoms with van der Waals surface area (Å²) in [6, 6.07) is -0.993. The van der Waals surface area contributed by atoms with E-state index in [1.54, 1.807) is 38.4 Å². The summed E-state index contributed by atoms with van der Waals surface area (Å²) in [5.41, 5.74) is 8.27. The number of anilines is 1. The van der Waals surface area contributed by atoms with Gasteiger partial charge in [-0.15, -0.1) is 23.1 Å². The van der Waals surface area contributed by atoms with Crippen molar-refractivity contribution < 1.29 is 58.7 Å². The van der Waals surface area contributed by atoms with Gasteiger partial charge in [-0.3, -0.25) is 29.6 Å². The number of carbonyl (C=O) groups is 4. The van der Waals surface area contributed by atoms with Gasteiger partial charge in [-0.25, -0.2) is 4.98 Å². The minimum atomic E-state index is -1.50. The summed E-state index contributed by atoms with van der Waals surface area (Å²) in [6.07, 6.45) is 13.9. The van der Waals surface area contributed by atoms with Gasteiger partial charge in [0.1, 0.15) is 29.4 Å². The van der Waals surface area contributed by atoms with E-state index in [-0.39, 0.29) is 69.8 Å². The molecule has 5 rings (SSSR count). The average molecular weight is 684 g/mol. The minimum Gasteiger partial charge on any atom is -0.543 e. The molecule has 2 atom stereocenters. The summed E-state index contributed by atoms with van der Waals surface area (Å²) in [5.74, 6) is -3.12. The van der Waals surface area contributed by atoms with Crippen molar-refractivity contribution in [3.8, 4) is 6.19 Å². The predicted molar refractivity (Wildman–Crippen MR) is 168 cm³/mol. The number of amides is 3. The van der Waals surface area contributed by atoms with Crippen LogP contribution in [0.3, 0.4) is 0 Å². The summed E-state index contributed by atoms with van der Waals surface area (Å²) < 4.78 is 0. The van der Waals surface area contributed by atoms with E-state index in [0.29, 0.717) is 17.7 Å². The van der Waals surface area contributed by atoms with Crippen molar-refractivity contribution >= 4 is 63.8 Å². The number of aliphatic carboxylic acids is 1. The van der Waals surface area contributed by atoms with E-state index in [0.717, 1.165) is 27.4 Å². The first kappa shape index (κ1) is 35.4. The monoisotopic (exact) mass is 683 g/mol. The number of β-lactam (4-membered cyclic amide) rings is 1. The number of nitrogen functional groups attached to an aromatic ring is 1. The molecule has 47 heavy (non-hydrogen) atoms. The van der Waals surface area contributed by atoms with Crippen molar-refractivity contribution in [2.75, 3.05) is 24.6 Å². The third-order valence-electron chi connectivity index (χ3n) is 7.05. The van der Waals surface area contributed by atoms with Gasteiger partial charge < -0.3 is 30.7 Å². The zero-order chi connectivity index (χ0) is 33.0. The number of thioether (sulfide) groups is 1. The van der Waals surface area contributed by atoms with E-state index in [9.17, 15) is 24.3 Å². The number of nitriles is 1. The van der Waals surface area contributed by atoms with Crippen LogP contribution in [-0.2, 0) is 24.0 Å². The number of rotatable bonds is 10. The second-order valence-electron chi connectivity index (χ2n) is 9.85. The molecule has 1 aromatic rings. The van der Waals surface area contributed by atoms with Gasteiger partial charge in [0, 0.05) is 41.9 Å². The molecule has 236 valence electrons. The number of thiazole rings is 1. The summed E-state index contributed by atoms with van der Waals surface area (Å²) in [6.45, 7) is 4.03. The Morgan fingerprint density at radius 1 is 1.32 bits per heavy atom. The van der Waals surface area contributed by atoms with Gasteiger partial charge in [-0.05, 0) is 42.7 Å². The average Bonchev–Trinajstić information content (AvgIpc) is 3.65. The number of carboxylic acid groups (broad SMARTS) is 1. The quantitative estimate of drug-likeness (QED) is 0.0565. The summed E-state index contributed by atoms with van der Waals surface area (Å²) in [4.78, 5) is 66.5. The van der Waals surface area contributed by atoms with Crippen molar-refractivity contribution in [2.24, 2.45) is 10.1 Å². The number of nitrogens with one attached hydrogen (secondary N) is 2. The molecule has 0 bridgehead atoms. The number of aromatic nitrogens is 1. The number of fused-ring (bicyclic) bond motifs is 1. The van der Waals surface area contributed by atoms with E-state index < -0.39 is 35.1 Å². The van der Waals surface area contributed by atoms with Crippen LogP contribution in [0.25, 0.3) is 0 Å². The molecule has 0 unspecified atom stereocenters. The molecule has 1 saturated heterocycles. The minimum absolute atomic E-state index is 0. The number of oxime groups is 1. The van der Waals surface area contributed by atoms with Crippen LogP contribution in [0.5, 0.6) is 0 Å². The predicted octanol–water partition coefficient (Wildman–Crippen LogP) is -2.97. The Labute approximate surface area is 299 Å². The molecule has 0 spiro atoms. The smallest absolute Gasteiger partial charge is 0.543 e. The van der Waals surface area contributed by atoms with Gasteiger partial charge in [0.05, 0.1) is 11.7 Å². The standard InChI is InChI=1S/C29H27N9O6S2.Na/c1-3-44-36-21(19-13-46-29(31)34-19)25(40)35-22-26(41)38-23(28(42)43)17(12-45-27(22)38)5-4-8-37-9-6-16(7-10-37)18-11-32-20(15(18)2)24(39)33-14-30;/h4-7,9-11,13,22,27H,3,8,12H2,1-2H3,(H2,31,34)(H,33,39)(H,35,40)(H,42,43);/q;+1/p-1/b5-4+,36-21-;/t22-,27-;/m1./s1. The molecule has 4 aliphatic rings. The number of hydrogen-bond acceptors (Lipinski definition) is 14. The first-order valence-electron chi connectivity index (χ1n) is 13.7. The molecule has 4 aliphatic heterocycles. The number of hydrogen-bond donors (Lipinski definition) is 3. The van der Waals surface area contributed by atoms with Crippen LogP contribution in [0.4, 0.5) is 5.13 Å². The molecule has 15 nitrogen and oxygen atoms in total. The van der Waals surface area contributed by atoms with E-state index in [1.165, 1.54) is 17.1 Å². The van der Waals surface area contributed by atoms with Crippen LogP contribution in [0.2, 0.25) is 0 Å². The molecule has 0 radical (unpaired) electrons. The summed E-state index contributed by atoms with van der Waals surface area (Å²) in [5, 5.41) is 30.5. The zero-order valence-electron chi connectivity index (χ0n) is 25.4. The van der Waals surface area contributed by atoms with Gasteiger partial charge in [0.25, 0.3) is 17.7 Å². The SMILES string of the molecule is CCO/N=C(\C(=O)N[C@@H]1C(=O)N2C(C(=O)[O-])=C(/C=C/CN3C=CC(=C4C=NC(C(=O)NC#N)=C4C)C=C3)CS[C@H]12)c1csc(N)n1.[Na+]. The van der Waals surface area contributed by atoms with Gasteiger partial charge in [-0.1, -0.05) is 17.3 Å². The number of nitrogens with two attached hydrogens (primary N) is 1. The first-order chi connectivity index (χ1) is 22.1. The van der Waals surface area contributed by atoms with Crippen LogP contribution >= 0.6 is 23.1 Å². The first-order valence-corrected chi connectivity index (χ1v) is 15.7. The number of aliphatic imine (C=N–C) groups is 1. The Kier molecular flexibility index (Phi) is 11.6. The van der Waals surface area contributed by atoms with E-state index in [1.807, 2.05) is 29.5 Å². The van der Waals surface area contributed by atoms with Gasteiger partial charge in [-0.2, -0.15) is 5.26 Å². The molecule has 1 fully saturated rings. The summed E-state index contributed by atoms with van der Waals surface area (Å²) >= 11 is 2.42. The largest absolute Gasteiger partial charge is 1.00 e. The second kappa shape index (κ2) is 15.4. The molecular weight excluding hydrogens is 658 g/mol. The molecule has 3 amide bonds. The molecular formula is C29H26N9NaO6S2. The van der Waals surface area contributed by atoms with Gasteiger partial charge >= 0.3 is 29.6 Å². The Morgan fingerprint density at radius 2 is 2.06 bits per heavy atom. The van der Waals surface area contributed by atoms with E-state index >= 15 is 0 Å². The Balaban J connectivity index is 0.00000500. The third-order valence-corrected chi connectivity index (χ3v) is 9.02. The van der Waals surface area contributed by atoms with Crippen molar-refractivity contribution in [1.29, 1.82) is 5.26 Å². The molecule has 4 N–H and O–H groups in total. The number of carbonyl (C=O) groups excluding carboxylic acids is 4. The fraction of sp³-hybridized carbons (Fsp3) is 0.241. The second-order valence-corrected chi connectivity index (χ2v) is 11.8. The molecule has 5 heterocycles. The van der Waals surface area contributed by atoms with Crippen LogP contribution in [0.15, 0.2) is 85.9 Å². The van der Waals surface area contributed by atoms with Crippen LogP contribution in [-0.4, -0.2) is 80.7 Å². The topological polar surface area (TPSA) is 219 Å².